The van der Waals surface area contributed by atoms with Crippen molar-refractivity contribution in [3.63, 3.8) is 0 Å². The van der Waals surface area contributed by atoms with Crippen LogP contribution in [0.15, 0.2) is 53.4 Å². The van der Waals surface area contributed by atoms with E-state index < -0.39 is 26.7 Å². The second kappa shape index (κ2) is 6.94. The van der Waals surface area contributed by atoms with Crippen molar-refractivity contribution >= 4 is 26.7 Å². The van der Waals surface area contributed by atoms with Crippen molar-refractivity contribution in [2.45, 2.75) is 4.90 Å². The van der Waals surface area contributed by atoms with Crippen molar-refractivity contribution in [1.82, 2.24) is 0 Å². The molecule has 0 aromatic heterocycles. The Hall–Kier alpha value is -1.87. The van der Waals surface area contributed by atoms with Crippen LogP contribution in [0.5, 0.6) is 0 Å². The molecule has 0 amide bonds. The van der Waals surface area contributed by atoms with E-state index in [-0.39, 0.29) is 5.56 Å². The van der Waals surface area contributed by atoms with E-state index in [1.54, 1.807) is 48.9 Å². The summed E-state index contributed by atoms with van der Waals surface area (Å²) in [6.07, 6.45) is 3.29. The highest BCUT2D eigenvalue weighted by Gasteiger charge is 2.26. The lowest BCUT2D eigenvalue weighted by Crippen LogP contribution is -2.12. The molecule has 0 heterocycles. The predicted octanol–water partition coefficient (Wildman–Crippen LogP) is 3.30. The van der Waals surface area contributed by atoms with Gasteiger partial charge in [-0.25, -0.2) is 4.79 Å². The number of carboxylic acids is 1. The number of benzene rings is 2. The minimum absolute atomic E-state index is 0.134. The minimum atomic E-state index is -4.11. The number of hydrogen-bond donors (Lipinski definition) is 1. The van der Waals surface area contributed by atoms with Crippen LogP contribution in [0, 0.1) is 0 Å². The highest BCUT2D eigenvalue weighted by atomic mass is 32.3. The lowest BCUT2D eigenvalue weighted by atomic mass is 10.00. The molecule has 0 fully saturated rings. The summed E-state index contributed by atoms with van der Waals surface area (Å²) in [5.41, 5.74) is 1.36. The van der Waals surface area contributed by atoms with Crippen molar-refractivity contribution in [2.24, 2.45) is 0 Å². The molecule has 0 atom stereocenters. The third-order valence-corrected chi connectivity index (χ3v) is 7.16. The molecule has 1 N–H and O–H groups in total. The molecule has 0 aliphatic carbocycles. The maximum Gasteiger partial charge on any atom is 0.409 e. The first-order chi connectivity index (χ1) is 11.2. The van der Waals surface area contributed by atoms with Gasteiger partial charge in [0.05, 0.1) is 12.7 Å². The van der Waals surface area contributed by atoms with Crippen LogP contribution in [0.2, 0.25) is 0 Å². The standard InChI is InChI=1S/C16H18O6S2/c1-21-24(19,20)22-23(2,3)13-9-10-14(16(17)18)15(11-13)12-7-5-4-6-8-12/h4-11H,1-3H3,(H,17,18). The van der Waals surface area contributed by atoms with E-state index in [1.165, 1.54) is 6.07 Å². The Morgan fingerprint density at radius 1 is 1.04 bits per heavy atom. The first kappa shape index (κ1) is 18.5. The molecule has 8 heteroatoms. The quantitative estimate of drug-likeness (QED) is 0.839. The van der Waals surface area contributed by atoms with Gasteiger partial charge in [0.15, 0.2) is 0 Å². The third-order valence-electron chi connectivity index (χ3n) is 3.33. The van der Waals surface area contributed by atoms with Crippen LogP contribution in [0.1, 0.15) is 10.4 Å². The van der Waals surface area contributed by atoms with Gasteiger partial charge in [-0.05, 0) is 41.8 Å². The highest BCUT2D eigenvalue weighted by Crippen LogP contribution is 2.52. The largest absolute Gasteiger partial charge is 0.478 e. The SMILES string of the molecule is COS(=O)(=O)OS(C)(C)c1ccc(C(=O)O)c(-c2ccccc2)c1. The molecule has 2 aromatic rings. The fraction of sp³-hybridized carbons (Fsp3) is 0.188. The molecular weight excluding hydrogens is 352 g/mol. The molecule has 2 rings (SSSR count). The number of rotatable bonds is 6. The molecule has 0 aliphatic heterocycles. The van der Waals surface area contributed by atoms with Gasteiger partial charge in [0.2, 0.25) is 0 Å². The van der Waals surface area contributed by atoms with Gasteiger partial charge in [-0.3, -0.25) is 4.18 Å². The summed E-state index contributed by atoms with van der Waals surface area (Å²) >= 11 is 0. The molecule has 130 valence electrons. The number of carbonyl (C=O) groups is 1. The van der Waals surface area contributed by atoms with E-state index in [0.717, 1.165) is 12.7 Å². The summed E-state index contributed by atoms with van der Waals surface area (Å²) in [6, 6.07) is 13.7. The topological polar surface area (TPSA) is 89.9 Å². The monoisotopic (exact) mass is 370 g/mol. The van der Waals surface area contributed by atoms with E-state index >= 15 is 0 Å². The highest BCUT2D eigenvalue weighted by molar-refractivity contribution is 8.31. The average molecular weight is 370 g/mol. The maximum atomic E-state index is 11.6. The fourth-order valence-corrected chi connectivity index (χ4v) is 5.15. The van der Waals surface area contributed by atoms with Crippen molar-refractivity contribution in [1.29, 1.82) is 0 Å². The molecule has 0 saturated heterocycles. The van der Waals surface area contributed by atoms with Crippen LogP contribution in [-0.2, 0) is 18.2 Å². The van der Waals surface area contributed by atoms with Crippen LogP contribution in [0.25, 0.3) is 11.1 Å². The molecule has 0 saturated carbocycles. The van der Waals surface area contributed by atoms with Gasteiger partial charge in [0.25, 0.3) is 0 Å². The summed E-state index contributed by atoms with van der Waals surface area (Å²) in [7, 11) is -5.30. The van der Waals surface area contributed by atoms with E-state index in [4.69, 9.17) is 3.63 Å². The number of carboxylic acid groups (broad SMARTS) is 1. The van der Waals surface area contributed by atoms with Crippen molar-refractivity contribution < 1.29 is 26.1 Å². The van der Waals surface area contributed by atoms with Crippen LogP contribution >= 0.6 is 10.3 Å². The Morgan fingerprint density at radius 3 is 2.21 bits per heavy atom. The fourth-order valence-electron chi connectivity index (χ4n) is 2.15. The van der Waals surface area contributed by atoms with E-state index in [1.807, 2.05) is 6.07 Å². The van der Waals surface area contributed by atoms with Crippen molar-refractivity contribution in [2.75, 3.05) is 19.6 Å². The van der Waals surface area contributed by atoms with E-state index in [0.29, 0.717) is 10.5 Å². The van der Waals surface area contributed by atoms with Gasteiger partial charge < -0.3 is 5.11 Å². The zero-order chi connectivity index (χ0) is 18.0. The van der Waals surface area contributed by atoms with E-state index in [2.05, 4.69) is 4.18 Å². The van der Waals surface area contributed by atoms with E-state index in [9.17, 15) is 18.3 Å². The zero-order valence-electron chi connectivity index (χ0n) is 13.4. The molecule has 2 aromatic carbocycles. The molecule has 6 nitrogen and oxygen atoms in total. The minimum Gasteiger partial charge on any atom is -0.478 e. The average Bonchev–Trinajstić information content (AvgIpc) is 2.54. The first-order valence-corrected chi connectivity index (χ1v) is 10.5. The normalized spacial score (nSPS) is 12.8. The van der Waals surface area contributed by atoms with Crippen LogP contribution in [0.3, 0.4) is 0 Å². The summed E-state index contributed by atoms with van der Waals surface area (Å²) in [5.74, 6) is -1.06. The van der Waals surface area contributed by atoms with Crippen LogP contribution < -0.4 is 0 Å². The van der Waals surface area contributed by atoms with Crippen LogP contribution in [-0.4, -0.2) is 39.1 Å². The molecule has 0 unspecified atom stereocenters. The second-order valence-corrected chi connectivity index (χ2v) is 9.89. The molecule has 0 bridgehead atoms. The first-order valence-electron chi connectivity index (χ1n) is 6.84. The molecule has 0 radical (unpaired) electrons. The van der Waals surface area contributed by atoms with Crippen LogP contribution in [0.4, 0.5) is 0 Å². The number of hydrogen-bond acceptors (Lipinski definition) is 5. The van der Waals surface area contributed by atoms with Gasteiger partial charge in [0.1, 0.15) is 0 Å². The lowest BCUT2D eigenvalue weighted by molar-refractivity contribution is 0.0697. The number of aromatic carboxylic acids is 1. The predicted molar refractivity (Wildman–Crippen MR) is 93.6 cm³/mol. The summed E-state index contributed by atoms with van der Waals surface area (Å²) in [5, 5.41) is 9.40. The Balaban J connectivity index is 2.56. The Labute approximate surface area is 142 Å². The van der Waals surface area contributed by atoms with Gasteiger partial charge in [0, 0.05) is 4.90 Å². The summed E-state index contributed by atoms with van der Waals surface area (Å²) in [4.78, 5) is 12.1. The summed E-state index contributed by atoms with van der Waals surface area (Å²) in [6.45, 7) is 0. The van der Waals surface area contributed by atoms with Gasteiger partial charge in [-0.15, -0.1) is 0 Å². The van der Waals surface area contributed by atoms with Gasteiger partial charge in [-0.2, -0.15) is 12.0 Å². The molecule has 0 spiro atoms. The zero-order valence-corrected chi connectivity index (χ0v) is 15.1. The van der Waals surface area contributed by atoms with Crippen molar-refractivity contribution in [3.8, 4) is 11.1 Å². The molecule has 24 heavy (non-hydrogen) atoms. The van der Waals surface area contributed by atoms with Crippen molar-refractivity contribution in [3.05, 3.63) is 54.1 Å². The second-order valence-electron chi connectivity index (χ2n) is 5.25. The maximum absolute atomic E-state index is 11.6. The molecular formula is C16H18O6S2. The smallest absolute Gasteiger partial charge is 0.409 e. The lowest BCUT2D eigenvalue weighted by Gasteiger charge is -2.30. The molecule has 0 aliphatic rings. The van der Waals surface area contributed by atoms with Gasteiger partial charge in [-0.1, -0.05) is 40.6 Å². The van der Waals surface area contributed by atoms with Gasteiger partial charge >= 0.3 is 16.4 Å². The summed E-state index contributed by atoms with van der Waals surface area (Å²) < 4.78 is 32.7. The Kier molecular flexibility index (Phi) is 5.34. The third kappa shape index (κ3) is 4.15. The Bertz CT molecular complexity index is 844. The Morgan fingerprint density at radius 2 is 1.67 bits per heavy atom.